The van der Waals surface area contributed by atoms with Crippen molar-refractivity contribution in [3.63, 3.8) is 0 Å². The molecule has 2 fully saturated rings. The Morgan fingerprint density at radius 2 is 1.70 bits per heavy atom. The number of hydrogen-bond donors (Lipinski definition) is 1. The van der Waals surface area contributed by atoms with E-state index in [9.17, 15) is 5.11 Å². The molecular formula is C20H21BrO6. The summed E-state index contributed by atoms with van der Waals surface area (Å²) in [7, 11) is 1.60. The van der Waals surface area contributed by atoms with Gasteiger partial charge < -0.3 is 28.8 Å². The van der Waals surface area contributed by atoms with E-state index in [4.69, 9.17) is 23.7 Å². The first-order valence-corrected chi connectivity index (χ1v) is 9.67. The Balaban J connectivity index is 1.43. The van der Waals surface area contributed by atoms with E-state index in [-0.39, 0.29) is 17.0 Å². The van der Waals surface area contributed by atoms with Crippen LogP contribution in [-0.2, 0) is 14.2 Å². The third-order valence-electron chi connectivity index (χ3n) is 4.67. The van der Waals surface area contributed by atoms with Crippen LogP contribution in [0.5, 0.6) is 11.5 Å². The quantitative estimate of drug-likeness (QED) is 0.742. The minimum Gasteiger partial charge on any atom is -0.497 e. The Hall–Kier alpha value is -1.64. The lowest BCUT2D eigenvalue weighted by molar-refractivity contribution is -0.320. The average molecular weight is 437 g/mol. The summed E-state index contributed by atoms with van der Waals surface area (Å²) in [4.78, 5) is -0.352. The molecule has 0 spiro atoms. The number of rotatable bonds is 4. The van der Waals surface area contributed by atoms with Crippen LogP contribution in [0.15, 0.2) is 54.6 Å². The predicted octanol–water partition coefficient (Wildman–Crippen LogP) is 3.04. The number of alkyl halides is 1. The standard InChI is InChI=1S/C20H21BrO6/c1-23-13-7-9-14(10-8-13)25-20-17(22)16(21)18-15(26-20)11-24-19(27-18)12-5-3-2-4-6-12/h2-10,15-20,22H,11H2,1H3/t15-,16+,17-,18-,19-,20-/m1/s1. The zero-order valence-corrected chi connectivity index (χ0v) is 16.3. The first-order chi connectivity index (χ1) is 13.2. The van der Waals surface area contributed by atoms with Crippen molar-refractivity contribution in [2.24, 2.45) is 0 Å². The molecule has 27 heavy (non-hydrogen) atoms. The van der Waals surface area contributed by atoms with Crippen LogP contribution in [0.25, 0.3) is 0 Å². The van der Waals surface area contributed by atoms with Crippen molar-refractivity contribution in [2.75, 3.05) is 13.7 Å². The maximum absolute atomic E-state index is 10.7. The van der Waals surface area contributed by atoms with Crippen molar-refractivity contribution < 1.29 is 28.8 Å². The third kappa shape index (κ3) is 3.97. The van der Waals surface area contributed by atoms with E-state index in [1.165, 1.54) is 0 Å². The number of methoxy groups -OCH3 is 1. The van der Waals surface area contributed by atoms with Crippen molar-refractivity contribution in [2.45, 2.75) is 35.7 Å². The summed E-state index contributed by atoms with van der Waals surface area (Å²) in [5, 5.41) is 10.7. The van der Waals surface area contributed by atoms with Gasteiger partial charge in [-0.2, -0.15) is 0 Å². The fourth-order valence-corrected chi connectivity index (χ4v) is 3.93. The fraction of sp³-hybridized carbons (Fsp3) is 0.400. The second kappa shape index (κ2) is 8.16. The van der Waals surface area contributed by atoms with E-state index in [1.807, 2.05) is 30.3 Å². The van der Waals surface area contributed by atoms with Crippen molar-refractivity contribution in [3.8, 4) is 11.5 Å². The van der Waals surface area contributed by atoms with Crippen LogP contribution in [0.3, 0.4) is 0 Å². The van der Waals surface area contributed by atoms with E-state index < -0.39 is 18.7 Å². The van der Waals surface area contributed by atoms with E-state index in [0.29, 0.717) is 12.4 Å². The lowest BCUT2D eigenvalue weighted by atomic mass is 10.0. The Morgan fingerprint density at radius 3 is 2.41 bits per heavy atom. The van der Waals surface area contributed by atoms with E-state index in [2.05, 4.69) is 15.9 Å². The van der Waals surface area contributed by atoms with Gasteiger partial charge in [0.05, 0.1) is 18.5 Å². The number of benzene rings is 2. The molecule has 6 atom stereocenters. The lowest BCUT2D eigenvalue weighted by Gasteiger charge is -2.46. The maximum Gasteiger partial charge on any atom is 0.227 e. The van der Waals surface area contributed by atoms with Gasteiger partial charge >= 0.3 is 0 Å². The minimum absolute atomic E-state index is 0.346. The summed E-state index contributed by atoms with van der Waals surface area (Å²) < 4.78 is 28.8. The molecule has 2 aromatic rings. The molecule has 2 aliphatic rings. The van der Waals surface area contributed by atoms with Gasteiger partial charge in [0.1, 0.15) is 29.8 Å². The molecule has 6 nitrogen and oxygen atoms in total. The van der Waals surface area contributed by atoms with Crippen molar-refractivity contribution in [1.82, 2.24) is 0 Å². The molecule has 2 aromatic carbocycles. The Bertz CT molecular complexity index is 738. The highest BCUT2D eigenvalue weighted by atomic mass is 79.9. The summed E-state index contributed by atoms with van der Waals surface area (Å²) in [6.45, 7) is 0.349. The summed E-state index contributed by atoms with van der Waals surface area (Å²) in [5.74, 6) is 1.31. The highest BCUT2D eigenvalue weighted by Crippen LogP contribution is 2.37. The number of hydrogen-bond acceptors (Lipinski definition) is 6. The van der Waals surface area contributed by atoms with Crippen LogP contribution in [0.1, 0.15) is 11.9 Å². The van der Waals surface area contributed by atoms with Crippen LogP contribution < -0.4 is 9.47 Å². The van der Waals surface area contributed by atoms with Crippen molar-refractivity contribution in [3.05, 3.63) is 60.2 Å². The Kier molecular flexibility index (Phi) is 5.66. The van der Waals surface area contributed by atoms with Crippen molar-refractivity contribution >= 4 is 15.9 Å². The monoisotopic (exact) mass is 436 g/mol. The van der Waals surface area contributed by atoms with E-state index in [1.54, 1.807) is 31.4 Å². The lowest BCUT2D eigenvalue weighted by Crippen LogP contribution is -2.61. The van der Waals surface area contributed by atoms with Crippen molar-refractivity contribution in [1.29, 1.82) is 0 Å². The second-order valence-corrected chi connectivity index (χ2v) is 7.51. The van der Waals surface area contributed by atoms with Crippen LogP contribution in [0, 0.1) is 0 Å². The first-order valence-electron chi connectivity index (χ1n) is 8.76. The molecule has 144 valence electrons. The maximum atomic E-state index is 10.7. The zero-order valence-electron chi connectivity index (χ0n) is 14.7. The van der Waals surface area contributed by atoms with Gasteiger partial charge in [0.25, 0.3) is 0 Å². The Morgan fingerprint density at radius 1 is 1.00 bits per heavy atom. The number of aliphatic hydroxyl groups excluding tert-OH is 1. The summed E-state index contributed by atoms with van der Waals surface area (Å²) >= 11 is 3.56. The number of halogens is 1. The van der Waals surface area contributed by atoms with Gasteiger partial charge in [-0.15, -0.1) is 0 Å². The van der Waals surface area contributed by atoms with Gasteiger partial charge in [-0.3, -0.25) is 0 Å². The largest absolute Gasteiger partial charge is 0.497 e. The van der Waals surface area contributed by atoms with Gasteiger partial charge in [0, 0.05) is 5.56 Å². The molecule has 0 aromatic heterocycles. The Labute approximate surface area is 166 Å². The third-order valence-corrected chi connectivity index (χ3v) is 5.73. The summed E-state index contributed by atoms with van der Waals surface area (Å²) in [6, 6.07) is 16.8. The topological polar surface area (TPSA) is 66.4 Å². The van der Waals surface area contributed by atoms with Gasteiger partial charge in [-0.1, -0.05) is 46.3 Å². The highest BCUT2D eigenvalue weighted by Gasteiger charge is 2.49. The molecule has 0 unspecified atom stereocenters. The van der Waals surface area contributed by atoms with Crippen LogP contribution in [0.4, 0.5) is 0 Å². The number of aliphatic hydroxyl groups is 1. The molecule has 2 aliphatic heterocycles. The molecule has 1 N–H and O–H groups in total. The number of ether oxygens (including phenoxy) is 5. The molecule has 0 radical (unpaired) electrons. The second-order valence-electron chi connectivity index (χ2n) is 6.45. The zero-order chi connectivity index (χ0) is 18.8. The van der Waals surface area contributed by atoms with E-state index >= 15 is 0 Å². The van der Waals surface area contributed by atoms with Gasteiger partial charge in [-0.25, -0.2) is 0 Å². The normalized spacial score (nSPS) is 33.1. The summed E-state index contributed by atoms with van der Waals surface area (Å²) in [5.41, 5.74) is 0.932. The number of fused-ring (bicyclic) bond motifs is 1. The smallest absolute Gasteiger partial charge is 0.227 e. The molecule has 0 bridgehead atoms. The minimum atomic E-state index is -0.900. The molecule has 0 aliphatic carbocycles. The predicted molar refractivity (Wildman–Crippen MR) is 101 cm³/mol. The van der Waals surface area contributed by atoms with E-state index in [0.717, 1.165) is 11.3 Å². The van der Waals surface area contributed by atoms with Crippen LogP contribution in [-0.4, -0.2) is 48.3 Å². The van der Waals surface area contributed by atoms with Crippen LogP contribution in [0.2, 0.25) is 0 Å². The highest BCUT2D eigenvalue weighted by molar-refractivity contribution is 9.09. The molecule has 2 saturated heterocycles. The molecule has 0 amide bonds. The first kappa shape index (κ1) is 18.7. The molecular weight excluding hydrogens is 416 g/mol. The van der Waals surface area contributed by atoms with Crippen LogP contribution >= 0.6 is 15.9 Å². The molecule has 0 saturated carbocycles. The SMILES string of the molecule is COc1ccc(O[C@@H]2O[C@@H]3CO[C@@H](c4ccccc4)O[C@H]3[C@@H](Br)[C@H]2O)cc1. The molecule has 2 heterocycles. The van der Waals surface area contributed by atoms with Gasteiger partial charge in [-0.05, 0) is 24.3 Å². The fourth-order valence-electron chi connectivity index (χ4n) is 3.21. The average Bonchev–Trinajstić information content (AvgIpc) is 2.73. The molecule has 7 heteroatoms. The van der Waals surface area contributed by atoms with Gasteiger partial charge in [0.15, 0.2) is 6.29 Å². The molecule has 4 rings (SSSR count). The van der Waals surface area contributed by atoms with Gasteiger partial charge in [0.2, 0.25) is 6.29 Å². The summed E-state index contributed by atoms with van der Waals surface area (Å²) in [6.07, 6.45) is -2.91.